The van der Waals surface area contributed by atoms with Gasteiger partial charge in [0.25, 0.3) is 0 Å². The van der Waals surface area contributed by atoms with Crippen molar-refractivity contribution in [1.29, 1.82) is 0 Å². The van der Waals surface area contributed by atoms with Crippen molar-refractivity contribution in [2.75, 3.05) is 11.5 Å². The predicted molar refractivity (Wildman–Crippen MR) is 109 cm³/mol. The number of nitrogens with zero attached hydrogens (tertiary/aromatic N) is 2. The van der Waals surface area contributed by atoms with E-state index >= 15 is 0 Å². The number of sulfone groups is 1. The highest BCUT2D eigenvalue weighted by molar-refractivity contribution is 8.00. The molecule has 2 aromatic heterocycles. The molecule has 2 N–H and O–H groups in total. The molecule has 0 saturated carbocycles. The van der Waals surface area contributed by atoms with Crippen LogP contribution in [0, 0.1) is 0 Å². The summed E-state index contributed by atoms with van der Waals surface area (Å²) in [6, 6.07) is 10.2. The molecule has 0 aliphatic rings. The number of nitrogens with two attached hydrogens (primary N) is 1. The summed E-state index contributed by atoms with van der Waals surface area (Å²) in [7, 11) is -3.71. The molecule has 0 bridgehead atoms. The largest absolute Gasteiger partial charge is 0.446 e. The number of pyridine rings is 1. The average Bonchev–Trinajstić information content (AvgIpc) is 3.08. The molecule has 0 spiro atoms. The van der Waals surface area contributed by atoms with Crippen molar-refractivity contribution in [2.24, 2.45) is 0 Å². The molecule has 0 atom stereocenters. The van der Waals surface area contributed by atoms with Crippen molar-refractivity contribution >= 4 is 49.3 Å². The van der Waals surface area contributed by atoms with Gasteiger partial charge in [-0.15, -0.1) is 0 Å². The van der Waals surface area contributed by atoms with E-state index in [0.29, 0.717) is 16.6 Å². The van der Waals surface area contributed by atoms with Crippen LogP contribution in [0.5, 0.6) is 0 Å². The van der Waals surface area contributed by atoms with Gasteiger partial charge in [0, 0.05) is 16.0 Å². The third-order valence-electron chi connectivity index (χ3n) is 4.31. The highest BCUT2D eigenvalue weighted by atomic mass is 32.2. The molecule has 0 radical (unpaired) electrons. The lowest BCUT2D eigenvalue weighted by Gasteiger charge is -2.08. The standard InChI is InChI=1S/C19H14F3N3O3S2/c1-2-30(26,27)16-8-10-7-11(23)3-5-13(10)24-17(16)18-25-14-9-12(29-19(20,21)22)4-6-15(14)28-18/h3-9H,2,23H2,1H3. The number of oxazole rings is 1. The zero-order valence-corrected chi connectivity index (χ0v) is 17.0. The van der Waals surface area contributed by atoms with Crippen molar-refractivity contribution in [3.8, 4) is 11.6 Å². The Balaban J connectivity index is 1.92. The molecular weight excluding hydrogens is 439 g/mol. The van der Waals surface area contributed by atoms with Crippen molar-refractivity contribution in [2.45, 2.75) is 22.2 Å². The summed E-state index contributed by atoms with van der Waals surface area (Å²) in [5, 5.41) is 0.533. The van der Waals surface area contributed by atoms with E-state index in [9.17, 15) is 21.6 Å². The van der Waals surface area contributed by atoms with Gasteiger partial charge in [0.1, 0.15) is 11.2 Å². The number of fused-ring (bicyclic) bond motifs is 2. The summed E-state index contributed by atoms with van der Waals surface area (Å²) >= 11 is -0.270. The van der Waals surface area contributed by atoms with Crippen molar-refractivity contribution in [3.63, 3.8) is 0 Å². The Morgan fingerprint density at radius 2 is 1.83 bits per heavy atom. The first-order valence-electron chi connectivity index (χ1n) is 8.65. The van der Waals surface area contributed by atoms with Crippen LogP contribution in [0.15, 0.2) is 56.7 Å². The van der Waals surface area contributed by atoms with E-state index in [1.807, 2.05) is 0 Å². The number of benzene rings is 2. The Morgan fingerprint density at radius 3 is 2.53 bits per heavy atom. The number of thioether (sulfide) groups is 1. The van der Waals surface area contributed by atoms with Crippen LogP contribution < -0.4 is 5.73 Å². The molecule has 2 heterocycles. The summed E-state index contributed by atoms with van der Waals surface area (Å²) in [6.07, 6.45) is 0. The van der Waals surface area contributed by atoms with Crippen LogP contribution in [0.2, 0.25) is 0 Å². The Kier molecular flexibility index (Phi) is 4.89. The molecule has 4 aromatic rings. The van der Waals surface area contributed by atoms with Crippen LogP contribution in [0.3, 0.4) is 0 Å². The number of hydrogen-bond donors (Lipinski definition) is 1. The van der Waals surface area contributed by atoms with Gasteiger partial charge in [0.15, 0.2) is 15.4 Å². The number of aromatic nitrogens is 2. The number of halogens is 3. The molecule has 4 rings (SSSR count). The third kappa shape index (κ3) is 3.94. The van der Waals surface area contributed by atoms with Gasteiger partial charge < -0.3 is 10.2 Å². The van der Waals surface area contributed by atoms with Crippen LogP contribution in [0.1, 0.15) is 6.92 Å². The Labute approximate surface area is 173 Å². The molecule has 0 unspecified atom stereocenters. The van der Waals surface area contributed by atoms with Gasteiger partial charge in [-0.25, -0.2) is 18.4 Å². The van der Waals surface area contributed by atoms with Crippen molar-refractivity contribution < 1.29 is 26.0 Å². The van der Waals surface area contributed by atoms with Gasteiger partial charge in [-0.05, 0) is 54.2 Å². The molecule has 0 amide bonds. The number of rotatable bonds is 4. The molecular formula is C19H14F3N3O3S2. The predicted octanol–water partition coefficient (Wildman–Crippen LogP) is 5.03. The molecule has 30 heavy (non-hydrogen) atoms. The molecule has 6 nitrogen and oxygen atoms in total. The molecule has 0 aliphatic heterocycles. The number of alkyl halides is 3. The second-order valence-electron chi connectivity index (χ2n) is 6.39. The maximum Gasteiger partial charge on any atom is 0.446 e. The van der Waals surface area contributed by atoms with E-state index in [0.717, 1.165) is 0 Å². The minimum atomic E-state index is -4.44. The second-order valence-corrected chi connectivity index (χ2v) is 9.77. The molecule has 0 aliphatic carbocycles. The molecule has 2 aromatic carbocycles. The van der Waals surface area contributed by atoms with Crippen LogP contribution in [0.4, 0.5) is 18.9 Å². The Morgan fingerprint density at radius 1 is 1.07 bits per heavy atom. The maximum absolute atomic E-state index is 12.7. The van der Waals surface area contributed by atoms with Gasteiger partial charge in [-0.1, -0.05) is 6.92 Å². The first-order chi connectivity index (χ1) is 14.1. The zero-order chi connectivity index (χ0) is 21.7. The van der Waals surface area contributed by atoms with Gasteiger partial charge in [-0.3, -0.25) is 0 Å². The second kappa shape index (κ2) is 7.17. The van der Waals surface area contributed by atoms with Crippen LogP contribution in [0.25, 0.3) is 33.6 Å². The zero-order valence-electron chi connectivity index (χ0n) is 15.4. The molecule has 0 fully saturated rings. The normalized spacial score (nSPS) is 12.7. The van der Waals surface area contributed by atoms with E-state index in [1.54, 1.807) is 18.2 Å². The fourth-order valence-electron chi connectivity index (χ4n) is 2.93. The fourth-order valence-corrected chi connectivity index (χ4v) is 4.55. The lowest BCUT2D eigenvalue weighted by molar-refractivity contribution is -0.0328. The molecule has 11 heteroatoms. The van der Waals surface area contributed by atoms with Gasteiger partial charge >= 0.3 is 5.51 Å². The topological polar surface area (TPSA) is 99.1 Å². The highest BCUT2D eigenvalue weighted by Gasteiger charge is 2.30. The van der Waals surface area contributed by atoms with E-state index in [2.05, 4.69) is 9.97 Å². The van der Waals surface area contributed by atoms with E-state index in [-0.39, 0.29) is 50.0 Å². The van der Waals surface area contributed by atoms with Gasteiger partial charge in [0.05, 0.1) is 16.2 Å². The molecule has 0 saturated heterocycles. The lowest BCUT2D eigenvalue weighted by Crippen LogP contribution is -2.07. The van der Waals surface area contributed by atoms with Crippen LogP contribution in [-0.4, -0.2) is 29.6 Å². The van der Waals surface area contributed by atoms with Gasteiger partial charge in [-0.2, -0.15) is 13.2 Å². The van der Waals surface area contributed by atoms with Crippen LogP contribution in [-0.2, 0) is 9.84 Å². The third-order valence-corrected chi connectivity index (χ3v) is 6.78. The van der Waals surface area contributed by atoms with Crippen molar-refractivity contribution in [1.82, 2.24) is 9.97 Å². The maximum atomic E-state index is 12.7. The average molecular weight is 453 g/mol. The lowest BCUT2D eigenvalue weighted by atomic mass is 10.2. The first kappa shape index (κ1) is 20.5. The van der Waals surface area contributed by atoms with Crippen LogP contribution >= 0.6 is 11.8 Å². The summed E-state index contributed by atoms with van der Waals surface area (Å²) in [4.78, 5) is 8.47. The number of anilines is 1. The number of hydrogen-bond acceptors (Lipinski definition) is 7. The summed E-state index contributed by atoms with van der Waals surface area (Å²) in [5.41, 5.74) is 2.65. The summed E-state index contributed by atoms with van der Waals surface area (Å²) in [6.45, 7) is 1.50. The fraction of sp³-hybridized carbons (Fsp3) is 0.158. The summed E-state index contributed by atoms with van der Waals surface area (Å²) in [5.74, 6) is -0.271. The van der Waals surface area contributed by atoms with E-state index in [1.165, 1.54) is 31.2 Å². The quantitative estimate of drug-likeness (QED) is 0.342. The minimum Gasteiger partial charge on any atom is -0.435 e. The van der Waals surface area contributed by atoms with E-state index < -0.39 is 15.3 Å². The van der Waals surface area contributed by atoms with Crippen molar-refractivity contribution in [3.05, 3.63) is 42.5 Å². The number of nitrogen functional groups attached to an aromatic ring is 1. The minimum absolute atomic E-state index is 0.00431. The monoisotopic (exact) mass is 453 g/mol. The summed E-state index contributed by atoms with van der Waals surface area (Å²) < 4.78 is 68.9. The highest BCUT2D eigenvalue weighted by Crippen LogP contribution is 2.39. The molecule has 156 valence electrons. The SMILES string of the molecule is CCS(=O)(=O)c1cc2cc(N)ccc2nc1-c1nc2cc(SC(F)(F)F)ccc2o1. The smallest absolute Gasteiger partial charge is 0.435 e. The van der Waals surface area contributed by atoms with E-state index in [4.69, 9.17) is 10.2 Å². The van der Waals surface area contributed by atoms with Gasteiger partial charge in [0.2, 0.25) is 5.89 Å². The Bertz CT molecular complexity index is 1380. The first-order valence-corrected chi connectivity index (χ1v) is 11.1. The Hall–Kier alpha value is -2.79.